The number of nitrogens with zero attached hydrogens (tertiary/aromatic N) is 1. The fourth-order valence-electron chi connectivity index (χ4n) is 4.29. The first-order valence-corrected chi connectivity index (χ1v) is 14.6. The molecule has 4 aromatic rings. The summed E-state index contributed by atoms with van der Waals surface area (Å²) >= 11 is 14.0. The number of carboxylic acid groups (broad SMARTS) is 1. The zero-order chi connectivity index (χ0) is 28.0. The highest BCUT2D eigenvalue weighted by Gasteiger charge is 2.19. The van der Waals surface area contributed by atoms with Crippen LogP contribution in [0.3, 0.4) is 0 Å². The molecule has 0 bridgehead atoms. The van der Waals surface area contributed by atoms with Crippen LogP contribution >= 0.6 is 35.0 Å². The molecule has 0 saturated heterocycles. The fraction of sp³-hybridized carbons (Fsp3) is 0.250. The summed E-state index contributed by atoms with van der Waals surface area (Å²) in [6.07, 6.45) is 6.04. The van der Waals surface area contributed by atoms with Crippen LogP contribution in [0, 0.1) is 0 Å². The largest absolute Gasteiger partial charge is 0.478 e. The second-order valence-corrected chi connectivity index (χ2v) is 12.3. The third-order valence-electron chi connectivity index (χ3n) is 6.42. The molecule has 4 nitrogen and oxygen atoms in total. The standard InChI is InChI=1S/C32H31Cl2NO3S/c1-32(2,38)16-17-39-30(15-10-22-7-11-25(33)19-28(22)31(36)37)24-5-3-4-21(18-24)6-13-27-14-9-23-8-12-26(34)20-29(23)35-27/h3-9,11-14,18-20,30,38H,10,15-17H2,1-2H3,(H,36,37)/b13-6+. The van der Waals surface area contributed by atoms with Gasteiger partial charge in [0.1, 0.15) is 0 Å². The van der Waals surface area contributed by atoms with E-state index in [-0.39, 0.29) is 10.8 Å². The highest BCUT2D eigenvalue weighted by Crippen LogP contribution is 2.36. The van der Waals surface area contributed by atoms with Crippen LogP contribution < -0.4 is 0 Å². The topological polar surface area (TPSA) is 70.4 Å². The van der Waals surface area contributed by atoms with Gasteiger partial charge in [-0.15, -0.1) is 0 Å². The average molecular weight is 581 g/mol. The molecule has 39 heavy (non-hydrogen) atoms. The predicted octanol–water partition coefficient (Wildman–Crippen LogP) is 8.98. The second-order valence-electron chi connectivity index (χ2n) is 10.1. The maximum Gasteiger partial charge on any atom is 0.336 e. The quantitative estimate of drug-likeness (QED) is 0.185. The number of aryl methyl sites for hydroxylation is 1. The summed E-state index contributed by atoms with van der Waals surface area (Å²) in [7, 11) is 0. The van der Waals surface area contributed by atoms with Gasteiger partial charge in [0.25, 0.3) is 0 Å². The van der Waals surface area contributed by atoms with Crippen molar-refractivity contribution in [3.05, 3.63) is 111 Å². The number of halogens is 2. The second kappa shape index (κ2) is 13.0. The van der Waals surface area contributed by atoms with Crippen molar-refractivity contribution in [3.63, 3.8) is 0 Å². The summed E-state index contributed by atoms with van der Waals surface area (Å²) in [6.45, 7) is 3.63. The van der Waals surface area contributed by atoms with Crippen molar-refractivity contribution in [1.82, 2.24) is 4.98 Å². The molecule has 0 spiro atoms. The molecule has 0 fully saturated rings. The lowest BCUT2D eigenvalue weighted by molar-refractivity contribution is 0.0694. The number of benzene rings is 3. The van der Waals surface area contributed by atoms with Crippen LogP contribution in [0.1, 0.15) is 64.7 Å². The first kappa shape index (κ1) is 29.2. The highest BCUT2D eigenvalue weighted by molar-refractivity contribution is 7.99. The van der Waals surface area contributed by atoms with E-state index in [1.807, 2.05) is 62.4 Å². The van der Waals surface area contributed by atoms with Crippen LogP contribution in [0.4, 0.5) is 0 Å². The molecule has 2 N–H and O–H groups in total. The van der Waals surface area contributed by atoms with Gasteiger partial charge in [-0.3, -0.25) is 0 Å². The number of aliphatic hydroxyl groups is 1. The number of aromatic carboxylic acids is 1. The molecular formula is C32H31Cl2NO3S. The minimum absolute atomic E-state index is 0.124. The van der Waals surface area contributed by atoms with Crippen molar-refractivity contribution >= 4 is 64.0 Å². The first-order chi connectivity index (χ1) is 18.6. The van der Waals surface area contributed by atoms with Gasteiger partial charge in [0, 0.05) is 20.7 Å². The van der Waals surface area contributed by atoms with Crippen LogP contribution in [0.2, 0.25) is 10.0 Å². The van der Waals surface area contributed by atoms with Crippen LogP contribution in [0.15, 0.2) is 72.8 Å². The lowest BCUT2D eigenvalue weighted by atomic mass is 9.98. The molecule has 0 saturated carbocycles. The molecule has 0 radical (unpaired) electrons. The van der Waals surface area contributed by atoms with Crippen molar-refractivity contribution in [2.45, 2.75) is 44.0 Å². The first-order valence-electron chi connectivity index (χ1n) is 12.8. The van der Waals surface area contributed by atoms with Crippen LogP contribution in [-0.4, -0.2) is 32.5 Å². The van der Waals surface area contributed by atoms with E-state index >= 15 is 0 Å². The monoisotopic (exact) mass is 579 g/mol. The molecule has 3 aromatic carbocycles. The van der Waals surface area contributed by atoms with Gasteiger partial charge >= 0.3 is 5.97 Å². The molecule has 202 valence electrons. The smallest absolute Gasteiger partial charge is 0.336 e. The Kier molecular flexibility index (Phi) is 9.73. The van der Waals surface area contributed by atoms with Crippen molar-refractivity contribution in [2.75, 3.05) is 5.75 Å². The third-order valence-corrected chi connectivity index (χ3v) is 8.24. The Balaban J connectivity index is 1.55. The SMILES string of the molecule is CC(C)(O)CCSC(CCc1ccc(Cl)cc1C(=O)O)c1cccc(/C=C/c2ccc3ccc(Cl)cc3n2)c1. The number of carboxylic acids is 1. The molecule has 1 aromatic heterocycles. The van der Waals surface area contributed by atoms with Crippen molar-refractivity contribution in [1.29, 1.82) is 0 Å². The lowest BCUT2D eigenvalue weighted by Gasteiger charge is -2.21. The zero-order valence-corrected chi connectivity index (χ0v) is 24.2. The lowest BCUT2D eigenvalue weighted by Crippen LogP contribution is -2.19. The summed E-state index contributed by atoms with van der Waals surface area (Å²) < 4.78 is 0. The number of hydrogen-bond donors (Lipinski definition) is 2. The van der Waals surface area contributed by atoms with Gasteiger partial charge in [0.05, 0.1) is 22.4 Å². The number of rotatable bonds is 11. The summed E-state index contributed by atoms with van der Waals surface area (Å²) in [6, 6.07) is 23.1. The number of hydrogen-bond acceptors (Lipinski definition) is 4. The normalized spacial score (nSPS) is 12.7. The zero-order valence-electron chi connectivity index (χ0n) is 21.9. The minimum Gasteiger partial charge on any atom is -0.478 e. The van der Waals surface area contributed by atoms with Gasteiger partial charge in [0.2, 0.25) is 0 Å². The number of thioether (sulfide) groups is 1. The Hall–Kier alpha value is -2.83. The van der Waals surface area contributed by atoms with Gasteiger partial charge in [-0.1, -0.05) is 71.7 Å². The molecule has 1 heterocycles. The molecule has 0 aliphatic carbocycles. The number of pyridine rings is 1. The van der Waals surface area contributed by atoms with Crippen molar-refractivity contribution < 1.29 is 15.0 Å². The Labute approximate surface area is 243 Å². The van der Waals surface area contributed by atoms with E-state index in [0.717, 1.165) is 45.5 Å². The van der Waals surface area contributed by atoms with E-state index in [9.17, 15) is 15.0 Å². The molecule has 0 amide bonds. The minimum atomic E-state index is -0.976. The highest BCUT2D eigenvalue weighted by atomic mass is 35.5. The summed E-state index contributed by atoms with van der Waals surface area (Å²) in [5.74, 6) is -0.194. The third kappa shape index (κ3) is 8.58. The summed E-state index contributed by atoms with van der Waals surface area (Å²) in [4.78, 5) is 16.5. The number of aromatic nitrogens is 1. The summed E-state index contributed by atoms with van der Waals surface area (Å²) in [5.41, 5.74) is 4.15. The van der Waals surface area contributed by atoms with E-state index < -0.39 is 11.6 Å². The molecule has 0 aliphatic heterocycles. The molecule has 4 rings (SSSR count). The number of fused-ring (bicyclic) bond motifs is 1. The Bertz CT molecular complexity index is 1500. The van der Waals surface area contributed by atoms with E-state index in [0.29, 0.717) is 22.9 Å². The van der Waals surface area contributed by atoms with Crippen LogP contribution in [0.5, 0.6) is 0 Å². The van der Waals surface area contributed by atoms with Crippen LogP contribution in [0.25, 0.3) is 23.1 Å². The molecule has 1 atom stereocenters. The van der Waals surface area contributed by atoms with Gasteiger partial charge < -0.3 is 10.2 Å². The van der Waals surface area contributed by atoms with E-state index in [4.69, 9.17) is 28.2 Å². The van der Waals surface area contributed by atoms with Gasteiger partial charge in [-0.2, -0.15) is 11.8 Å². The average Bonchev–Trinajstić information content (AvgIpc) is 2.89. The van der Waals surface area contributed by atoms with Crippen molar-refractivity contribution in [2.24, 2.45) is 0 Å². The van der Waals surface area contributed by atoms with Crippen LogP contribution in [-0.2, 0) is 6.42 Å². The van der Waals surface area contributed by atoms with E-state index in [1.54, 1.807) is 23.9 Å². The molecular weight excluding hydrogens is 549 g/mol. The summed E-state index contributed by atoms with van der Waals surface area (Å²) in [5, 5.41) is 22.1. The maximum absolute atomic E-state index is 11.8. The van der Waals surface area contributed by atoms with Gasteiger partial charge in [0.15, 0.2) is 0 Å². The Morgan fingerprint density at radius 3 is 2.51 bits per heavy atom. The van der Waals surface area contributed by atoms with Crippen molar-refractivity contribution in [3.8, 4) is 0 Å². The number of carbonyl (C=O) groups is 1. The fourth-order valence-corrected chi connectivity index (χ4v) is 6.16. The van der Waals surface area contributed by atoms with E-state index in [2.05, 4.69) is 18.2 Å². The predicted molar refractivity (Wildman–Crippen MR) is 165 cm³/mol. The Morgan fingerprint density at radius 2 is 1.74 bits per heavy atom. The van der Waals surface area contributed by atoms with Gasteiger partial charge in [-0.05, 0) is 92.0 Å². The molecule has 0 aliphatic rings. The van der Waals surface area contributed by atoms with E-state index in [1.165, 1.54) is 6.07 Å². The molecule has 7 heteroatoms. The Morgan fingerprint density at radius 1 is 1.00 bits per heavy atom. The maximum atomic E-state index is 11.8. The molecule has 1 unspecified atom stereocenters. The van der Waals surface area contributed by atoms with Gasteiger partial charge in [-0.25, -0.2) is 9.78 Å².